The van der Waals surface area contributed by atoms with Crippen LogP contribution in [0.25, 0.3) is 0 Å². The molecule has 1 saturated heterocycles. The molecule has 3 heteroatoms. The molecule has 1 aliphatic heterocycles. The molecule has 1 atom stereocenters. The topological polar surface area (TPSA) is 28.4 Å². The number of aryl methyl sites for hydroxylation is 1. The van der Waals surface area contributed by atoms with Gasteiger partial charge in [-0.25, -0.2) is 0 Å². The average molecular weight is 264 g/mol. The molecule has 1 aromatic rings. The third-order valence-corrected chi connectivity index (χ3v) is 4.10. The minimum Gasteiger partial charge on any atom is -0.465 e. The fourth-order valence-electron chi connectivity index (χ4n) is 2.91. The zero-order chi connectivity index (χ0) is 13.7. The van der Waals surface area contributed by atoms with Crippen molar-refractivity contribution in [3.63, 3.8) is 0 Å². The standard InChI is InChI=1S/C16H28N2O/c1-4-14-7-8-15(19-14)11-17-12-16(13(2)3)18-9-5-6-10-18/h7-8,13,16-17H,4-6,9-12H2,1-3H3. The van der Waals surface area contributed by atoms with E-state index in [0.29, 0.717) is 12.0 Å². The molecule has 1 N–H and O–H groups in total. The molecule has 1 aromatic heterocycles. The Bertz CT molecular complexity index is 367. The summed E-state index contributed by atoms with van der Waals surface area (Å²) in [6.45, 7) is 11.2. The second-order valence-electron chi connectivity index (χ2n) is 5.91. The van der Waals surface area contributed by atoms with E-state index < -0.39 is 0 Å². The van der Waals surface area contributed by atoms with E-state index in [2.05, 4.69) is 43.1 Å². The van der Waals surface area contributed by atoms with Gasteiger partial charge in [-0.1, -0.05) is 20.8 Å². The fourth-order valence-corrected chi connectivity index (χ4v) is 2.91. The summed E-state index contributed by atoms with van der Waals surface area (Å²) in [6, 6.07) is 4.83. The maximum Gasteiger partial charge on any atom is 0.117 e. The molecule has 0 aliphatic carbocycles. The van der Waals surface area contributed by atoms with Crippen LogP contribution in [0, 0.1) is 5.92 Å². The highest BCUT2D eigenvalue weighted by Gasteiger charge is 2.24. The Morgan fingerprint density at radius 3 is 2.47 bits per heavy atom. The van der Waals surface area contributed by atoms with Crippen LogP contribution >= 0.6 is 0 Å². The Labute approximate surface area is 117 Å². The number of furan rings is 1. The van der Waals surface area contributed by atoms with Crippen molar-refractivity contribution in [2.45, 2.75) is 52.6 Å². The molecule has 1 fully saturated rings. The van der Waals surface area contributed by atoms with Crippen molar-refractivity contribution in [1.82, 2.24) is 10.2 Å². The van der Waals surface area contributed by atoms with Gasteiger partial charge in [0.05, 0.1) is 6.54 Å². The van der Waals surface area contributed by atoms with Gasteiger partial charge in [0.1, 0.15) is 11.5 Å². The third kappa shape index (κ3) is 4.08. The van der Waals surface area contributed by atoms with Crippen molar-refractivity contribution >= 4 is 0 Å². The average Bonchev–Trinajstić information content (AvgIpc) is 3.05. The molecular formula is C16H28N2O. The van der Waals surface area contributed by atoms with Crippen LogP contribution in [0.3, 0.4) is 0 Å². The normalized spacial score (nSPS) is 18.3. The van der Waals surface area contributed by atoms with Crippen LogP contribution in [-0.2, 0) is 13.0 Å². The Morgan fingerprint density at radius 1 is 1.21 bits per heavy atom. The lowest BCUT2D eigenvalue weighted by Gasteiger charge is -2.31. The lowest BCUT2D eigenvalue weighted by atomic mass is 10.0. The van der Waals surface area contributed by atoms with Crippen molar-refractivity contribution in [3.8, 4) is 0 Å². The third-order valence-electron chi connectivity index (χ3n) is 4.10. The van der Waals surface area contributed by atoms with Crippen molar-refractivity contribution in [1.29, 1.82) is 0 Å². The molecule has 2 heterocycles. The summed E-state index contributed by atoms with van der Waals surface area (Å²) in [5, 5.41) is 3.56. The minimum atomic E-state index is 0.656. The van der Waals surface area contributed by atoms with Crippen LogP contribution in [0.4, 0.5) is 0 Å². The second kappa shape index (κ2) is 7.11. The Kier molecular flexibility index (Phi) is 5.46. The second-order valence-corrected chi connectivity index (χ2v) is 5.91. The SMILES string of the molecule is CCc1ccc(CNCC(C(C)C)N2CCCC2)o1. The van der Waals surface area contributed by atoms with E-state index in [1.165, 1.54) is 25.9 Å². The smallest absolute Gasteiger partial charge is 0.117 e. The maximum atomic E-state index is 5.72. The largest absolute Gasteiger partial charge is 0.465 e. The van der Waals surface area contributed by atoms with E-state index >= 15 is 0 Å². The molecule has 1 unspecified atom stereocenters. The number of nitrogens with one attached hydrogen (secondary N) is 1. The summed E-state index contributed by atoms with van der Waals surface area (Å²) >= 11 is 0. The predicted octanol–water partition coefficient (Wildman–Crippen LogP) is 3.05. The molecule has 0 spiro atoms. The van der Waals surface area contributed by atoms with Gasteiger partial charge < -0.3 is 9.73 Å². The maximum absolute atomic E-state index is 5.72. The molecule has 0 bridgehead atoms. The van der Waals surface area contributed by atoms with E-state index in [1.807, 2.05) is 0 Å². The van der Waals surface area contributed by atoms with Crippen LogP contribution in [0.5, 0.6) is 0 Å². The first-order chi connectivity index (χ1) is 9.20. The summed E-state index contributed by atoms with van der Waals surface area (Å²) in [4.78, 5) is 2.64. The van der Waals surface area contributed by atoms with Gasteiger partial charge in [-0.05, 0) is 44.0 Å². The molecule has 0 saturated carbocycles. The summed E-state index contributed by atoms with van der Waals surface area (Å²) in [5.74, 6) is 2.84. The first-order valence-electron chi connectivity index (χ1n) is 7.73. The molecule has 2 rings (SSSR count). The van der Waals surface area contributed by atoms with Crippen molar-refractivity contribution in [2.75, 3.05) is 19.6 Å². The predicted molar refractivity (Wildman–Crippen MR) is 79.2 cm³/mol. The highest BCUT2D eigenvalue weighted by atomic mass is 16.3. The monoisotopic (exact) mass is 264 g/mol. The van der Waals surface area contributed by atoms with Crippen molar-refractivity contribution in [3.05, 3.63) is 23.7 Å². The van der Waals surface area contributed by atoms with Gasteiger partial charge in [-0.2, -0.15) is 0 Å². The highest BCUT2D eigenvalue weighted by molar-refractivity contribution is 5.06. The minimum absolute atomic E-state index is 0.656. The van der Waals surface area contributed by atoms with Crippen molar-refractivity contribution < 1.29 is 4.42 Å². The first kappa shape index (κ1) is 14.6. The zero-order valence-electron chi connectivity index (χ0n) is 12.6. The zero-order valence-corrected chi connectivity index (χ0v) is 12.6. The Hall–Kier alpha value is -0.800. The number of hydrogen-bond acceptors (Lipinski definition) is 3. The summed E-state index contributed by atoms with van der Waals surface area (Å²) < 4.78 is 5.72. The van der Waals surface area contributed by atoms with Gasteiger partial charge in [0.25, 0.3) is 0 Å². The van der Waals surface area contributed by atoms with Crippen LogP contribution in [0.1, 0.15) is 45.1 Å². The summed E-state index contributed by atoms with van der Waals surface area (Å²) in [7, 11) is 0. The van der Waals surface area contributed by atoms with Gasteiger partial charge in [0.2, 0.25) is 0 Å². The van der Waals surface area contributed by atoms with Gasteiger partial charge in [0, 0.05) is 19.0 Å². The molecule has 108 valence electrons. The molecule has 0 aromatic carbocycles. The van der Waals surface area contributed by atoms with E-state index in [4.69, 9.17) is 4.42 Å². The van der Waals surface area contributed by atoms with Crippen LogP contribution in [0.15, 0.2) is 16.5 Å². The lowest BCUT2D eigenvalue weighted by molar-refractivity contribution is 0.185. The quantitative estimate of drug-likeness (QED) is 0.820. The first-order valence-corrected chi connectivity index (χ1v) is 7.73. The van der Waals surface area contributed by atoms with E-state index in [1.54, 1.807) is 0 Å². The van der Waals surface area contributed by atoms with Crippen LogP contribution < -0.4 is 5.32 Å². The summed E-state index contributed by atoms with van der Waals surface area (Å²) in [6.07, 6.45) is 3.70. The van der Waals surface area contributed by atoms with E-state index in [-0.39, 0.29) is 0 Å². The van der Waals surface area contributed by atoms with Gasteiger partial charge in [-0.15, -0.1) is 0 Å². The Balaban J connectivity index is 1.78. The Morgan fingerprint density at radius 2 is 1.89 bits per heavy atom. The van der Waals surface area contributed by atoms with Gasteiger partial charge in [-0.3, -0.25) is 4.90 Å². The van der Waals surface area contributed by atoms with Crippen LogP contribution in [0.2, 0.25) is 0 Å². The van der Waals surface area contributed by atoms with Gasteiger partial charge in [0.15, 0.2) is 0 Å². The number of likely N-dealkylation sites (tertiary alicyclic amines) is 1. The molecule has 19 heavy (non-hydrogen) atoms. The fraction of sp³-hybridized carbons (Fsp3) is 0.750. The molecule has 1 aliphatic rings. The lowest BCUT2D eigenvalue weighted by Crippen LogP contribution is -2.44. The highest BCUT2D eigenvalue weighted by Crippen LogP contribution is 2.17. The van der Waals surface area contributed by atoms with Crippen LogP contribution in [-0.4, -0.2) is 30.6 Å². The molecular weight excluding hydrogens is 236 g/mol. The number of hydrogen-bond donors (Lipinski definition) is 1. The van der Waals surface area contributed by atoms with Gasteiger partial charge >= 0.3 is 0 Å². The number of rotatable bonds is 7. The molecule has 3 nitrogen and oxygen atoms in total. The van der Waals surface area contributed by atoms with E-state index in [9.17, 15) is 0 Å². The molecule has 0 radical (unpaired) electrons. The molecule has 0 amide bonds. The van der Waals surface area contributed by atoms with Crippen molar-refractivity contribution in [2.24, 2.45) is 5.92 Å². The number of nitrogens with zero attached hydrogens (tertiary/aromatic N) is 1. The van der Waals surface area contributed by atoms with E-state index in [0.717, 1.165) is 31.0 Å². The summed E-state index contributed by atoms with van der Waals surface area (Å²) in [5.41, 5.74) is 0.